The van der Waals surface area contributed by atoms with Gasteiger partial charge in [-0.3, -0.25) is 0 Å². The number of thiophene rings is 1. The lowest BCUT2D eigenvalue weighted by Gasteiger charge is -2.28. The van der Waals surface area contributed by atoms with Gasteiger partial charge < -0.3 is 9.32 Å². The predicted molar refractivity (Wildman–Crippen MR) is 210 cm³/mol. The van der Waals surface area contributed by atoms with Crippen LogP contribution in [0.25, 0.3) is 75.1 Å². The second kappa shape index (κ2) is 11.2. The third kappa shape index (κ3) is 4.55. The van der Waals surface area contributed by atoms with Crippen LogP contribution in [0.3, 0.4) is 0 Å². The van der Waals surface area contributed by atoms with Crippen LogP contribution in [-0.2, 0) is 0 Å². The Morgan fingerprint density at radius 1 is 0.408 bits per heavy atom. The van der Waals surface area contributed by atoms with E-state index in [0.29, 0.717) is 0 Å². The van der Waals surface area contributed by atoms with Gasteiger partial charge in [0.25, 0.3) is 0 Å². The van der Waals surface area contributed by atoms with Crippen molar-refractivity contribution < 1.29 is 4.42 Å². The van der Waals surface area contributed by atoms with Gasteiger partial charge in [-0.2, -0.15) is 0 Å². The Balaban J connectivity index is 1.20. The first-order valence-electron chi connectivity index (χ1n) is 16.6. The van der Waals surface area contributed by atoms with Gasteiger partial charge in [0.15, 0.2) is 0 Å². The molecule has 0 aliphatic rings. The van der Waals surface area contributed by atoms with Crippen LogP contribution < -0.4 is 4.90 Å². The molecular weight excluding hydrogens is 615 g/mol. The Hall–Kier alpha value is -6.16. The van der Waals surface area contributed by atoms with Crippen molar-refractivity contribution in [2.45, 2.75) is 0 Å². The highest BCUT2D eigenvalue weighted by Gasteiger charge is 2.21. The zero-order valence-corrected chi connectivity index (χ0v) is 27.3. The second-order valence-corrected chi connectivity index (χ2v) is 13.6. The standard InChI is InChI=1S/C46H29NOS/c1-2-13-34-30(11-1)12-9-17-35(34)31-23-25-32(26-24-31)47(33-27-28-45-40(29-33)37-15-5-8-22-44(37)49-45)41-19-6-3-14-36(41)38-18-10-21-43-46(38)39-16-4-7-20-42(39)48-43/h1-29H. The van der Waals surface area contributed by atoms with Gasteiger partial charge in [0.2, 0.25) is 0 Å². The number of fused-ring (bicyclic) bond motifs is 7. The highest BCUT2D eigenvalue weighted by atomic mass is 32.1. The quantitative estimate of drug-likeness (QED) is 0.186. The minimum Gasteiger partial charge on any atom is -0.456 e. The molecular formula is C46H29NOS. The molecule has 0 fully saturated rings. The van der Waals surface area contributed by atoms with Gasteiger partial charge in [-0.25, -0.2) is 0 Å². The molecule has 0 unspecified atom stereocenters. The number of para-hydroxylation sites is 2. The average molecular weight is 644 g/mol. The summed E-state index contributed by atoms with van der Waals surface area (Å²) in [6.07, 6.45) is 0. The summed E-state index contributed by atoms with van der Waals surface area (Å²) in [4.78, 5) is 2.41. The van der Waals surface area contributed by atoms with Crippen molar-refractivity contribution >= 4 is 81.3 Å². The summed E-state index contributed by atoms with van der Waals surface area (Å²) in [6, 6.07) is 63.3. The Morgan fingerprint density at radius 2 is 1.04 bits per heavy atom. The number of furan rings is 1. The number of benzene rings is 8. The Bertz CT molecular complexity index is 2840. The summed E-state index contributed by atoms with van der Waals surface area (Å²) < 4.78 is 8.93. The average Bonchev–Trinajstić information content (AvgIpc) is 3.74. The van der Waals surface area contributed by atoms with Crippen molar-refractivity contribution in [3.63, 3.8) is 0 Å². The lowest BCUT2D eigenvalue weighted by atomic mass is 9.96. The summed E-state index contributed by atoms with van der Waals surface area (Å²) in [6.45, 7) is 0. The molecule has 0 saturated heterocycles. The monoisotopic (exact) mass is 643 g/mol. The number of hydrogen-bond donors (Lipinski definition) is 0. The Morgan fingerprint density at radius 3 is 1.96 bits per heavy atom. The topological polar surface area (TPSA) is 16.4 Å². The van der Waals surface area contributed by atoms with E-state index in [1.54, 1.807) is 0 Å². The van der Waals surface area contributed by atoms with Crippen molar-refractivity contribution in [2.75, 3.05) is 4.90 Å². The van der Waals surface area contributed by atoms with Crippen molar-refractivity contribution in [3.05, 3.63) is 176 Å². The molecule has 0 spiro atoms. The van der Waals surface area contributed by atoms with Gasteiger partial charge in [0.1, 0.15) is 11.2 Å². The van der Waals surface area contributed by atoms with Gasteiger partial charge in [-0.05, 0) is 82.1 Å². The largest absolute Gasteiger partial charge is 0.456 e. The Kier molecular flexibility index (Phi) is 6.39. The lowest BCUT2D eigenvalue weighted by Crippen LogP contribution is -2.11. The fourth-order valence-electron chi connectivity index (χ4n) is 7.44. The maximum absolute atomic E-state index is 6.34. The number of hydrogen-bond acceptors (Lipinski definition) is 3. The highest BCUT2D eigenvalue weighted by molar-refractivity contribution is 7.25. The van der Waals surface area contributed by atoms with Gasteiger partial charge in [-0.15, -0.1) is 11.3 Å². The van der Waals surface area contributed by atoms with Crippen molar-refractivity contribution in [3.8, 4) is 22.3 Å². The molecule has 0 atom stereocenters. The molecule has 10 aromatic rings. The van der Waals surface area contributed by atoms with E-state index in [1.807, 2.05) is 17.4 Å². The molecule has 0 radical (unpaired) electrons. The minimum absolute atomic E-state index is 0.894. The summed E-state index contributed by atoms with van der Waals surface area (Å²) in [5, 5.41) is 7.33. The third-order valence-electron chi connectivity index (χ3n) is 9.68. The number of anilines is 3. The fourth-order valence-corrected chi connectivity index (χ4v) is 8.53. The molecule has 0 aliphatic carbocycles. The predicted octanol–water partition coefficient (Wildman–Crippen LogP) is 13.9. The van der Waals surface area contributed by atoms with Crippen LogP contribution in [0.4, 0.5) is 17.1 Å². The summed E-state index contributed by atoms with van der Waals surface area (Å²) in [7, 11) is 0. The van der Waals surface area contributed by atoms with E-state index >= 15 is 0 Å². The molecule has 0 N–H and O–H groups in total. The van der Waals surface area contributed by atoms with Crippen molar-refractivity contribution in [1.82, 2.24) is 0 Å². The zero-order valence-electron chi connectivity index (χ0n) is 26.5. The molecule has 3 heteroatoms. The number of nitrogens with zero attached hydrogens (tertiary/aromatic N) is 1. The summed E-state index contributed by atoms with van der Waals surface area (Å²) in [5.41, 5.74) is 9.85. The molecule has 10 rings (SSSR count). The first-order chi connectivity index (χ1) is 24.3. The van der Waals surface area contributed by atoms with Gasteiger partial charge in [-0.1, -0.05) is 121 Å². The summed E-state index contributed by atoms with van der Waals surface area (Å²) in [5.74, 6) is 0. The van der Waals surface area contributed by atoms with Crippen LogP contribution in [0, 0.1) is 0 Å². The van der Waals surface area contributed by atoms with Crippen LogP contribution in [0.5, 0.6) is 0 Å². The maximum atomic E-state index is 6.34. The molecule has 49 heavy (non-hydrogen) atoms. The second-order valence-electron chi connectivity index (χ2n) is 12.5. The van der Waals surface area contributed by atoms with E-state index in [9.17, 15) is 0 Å². The molecule has 2 nitrogen and oxygen atoms in total. The number of rotatable bonds is 5. The highest BCUT2D eigenvalue weighted by Crippen LogP contribution is 2.46. The lowest BCUT2D eigenvalue weighted by molar-refractivity contribution is 0.669. The van der Waals surface area contributed by atoms with E-state index in [-0.39, 0.29) is 0 Å². The van der Waals surface area contributed by atoms with Gasteiger partial charge in [0.05, 0.1) is 5.69 Å². The molecule has 0 bridgehead atoms. The van der Waals surface area contributed by atoms with E-state index in [2.05, 4.69) is 175 Å². The first-order valence-corrected chi connectivity index (χ1v) is 17.4. The third-order valence-corrected chi connectivity index (χ3v) is 10.8. The fraction of sp³-hybridized carbons (Fsp3) is 0. The van der Waals surface area contributed by atoms with Crippen LogP contribution >= 0.6 is 11.3 Å². The van der Waals surface area contributed by atoms with Crippen LogP contribution in [-0.4, -0.2) is 0 Å². The smallest absolute Gasteiger partial charge is 0.136 e. The van der Waals surface area contributed by atoms with Crippen LogP contribution in [0.2, 0.25) is 0 Å². The van der Waals surface area contributed by atoms with Crippen molar-refractivity contribution in [1.29, 1.82) is 0 Å². The molecule has 2 aromatic heterocycles. The minimum atomic E-state index is 0.894. The molecule has 8 aromatic carbocycles. The van der Waals surface area contributed by atoms with Crippen LogP contribution in [0.15, 0.2) is 180 Å². The maximum Gasteiger partial charge on any atom is 0.136 e. The molecule has 0 aliphatic heterocycles. The first kappa shape index (κ1) is 27.9. The molecule has 0 saturated carbocycles. The van der Waals surface area contributed by atoms with Crippen LogP contribution in [0.1, 0.15) is 0 Å². The van der Waals surface area contributed by atoms with Crippen molar-refractivity contribution in [2.24, 2.45) is 0 Å². The molecule has 2 heterocycles. The van der Waals surface area contributed by atoms with E-state index in [4.69, 9.17) is 4.42 Å². The van der Waals surface area contributed by atoms with Gasteiger partial charge in [0, 0.05) is 47.9 Å². The Labute approximate surface area is 287 Å². The molecule has 0 amide bonds. The molecule has 230 valence electrons. The van der Waals surface area contributed by atoms with E-state index < -0.39 is 0 Å². The SMILES string of the molecule is c1ccc(N(c2ccc(-c3cccc4ccccc34)cc2)c2ccc3sc4ccccc4c3c2)c(-c2cccc3oc4ccccc4c23)c1. The zero-order chi connectivity index (χ0) is 32.3. The normalized spacial score (nSPS) is 11.7. The van der Waals surface area contributed by atoms with Gasteiger partial charge >= 0.3 is 0 Å². The summed E-state index contributed by atoms with van der Waals surface area (Å²) >= 11 is 1.85. The van der Waals surface area contributed by atoms with E-state index in [0.717, 1.165) is 50.1 Å². The van der Waals surface area contributed by atoms with E-state index in [1.165, 1.54) is 42.1 Å².